The standard InChI is InChI=1S/C22H26F3N7O5/c1-12(29-15-8-28-30-21(35)18(15)22(23,24)25)10-36-5-2-17(33)31-3-4-32-14(9-31)11-37-16-6-13(19(26)34)7-27-20(16)32/h6-8,12,14H,2-5,9-11H2,1H3,(H2,26,34)(H2,29,30,35)/t12-,14-/m0/s1. The highest BCUT2D eigenvalue weighted by Crippen LogP contribution is 2.34. The molecular formula is C22H26F3N7O5. The van der Waals surface area contributed by atoms with E-state index in [-0.39, 0.29) is 37.1 Å². The third-order valence-electron chi connectivity index (χ3n) is 6.03. The minimum Gasteiger partial charge on any atom is -0.487 e. The van der Waals surface area contributed by atoms with Crippen molar-refractivity contribution in [2.75, 3.05) is 49.7 Å². The van der Waals surface area contributed by atoms with Crippen LogP contribution in [0, 0.1) is 0 Å². The number of hydrogen-bond donors (Lipinski definition) is 3. The maximum absolute atomic E-state index is 13.2. The zero-order valence-corrected chi connectivity index (χ0v) is 19.9. The number of anilines is 2. The number of aromatic nitrogens is 3. The summed E-state index contributed by atoms with van der Waals surface area (Å²) in [5.41, 5.74) is 2.41. The molecule has 0 bridgehead atoms. The van der Waals surface area contributed by atoms with Gasteiger partial charge in [-0.2, -0.15) is 18.3 Å². The normalized spacial score (nSPS) is 17.9. The van der Waals surface area contributed by atoms with E-state index in [0.29, 0.717) is 37.8 Å². The van der Waals surface area contributed by atoms with E-state index in [1.807, 2.05) is 4.90 Å². The number of H-pyrrole nitrogens is 1. The van der Waals surface area contributed by atoms with Gasteiger partial charge in [-0.25, -0.2) is 10.1 Å². The number of primary amides is 1. The van der Waals surface area contributed by atoms with E-state index in [4.69, 9.17) is 15.2 Å². The lowest BCUT2D eigenvalue weighted by atomic mass is 10.1. The van der Waals surface area contributed by atoms with Gasteiger partial charge in [0.1, 0.15) is 12.2 Å². The number of fused-ring (bicyclic) bond motifs is 3. The molecular weight excluding hydrogens is 499 g/mol. The molecule has 0 aromatic carbocycles. The Morgan fingerprint density at radius 2 is 2.14 bits per heavy atom. The van der Waals surface area contributed by atoms with Gasteiger partial charge in [0.25, 0.3) is 5.56 Å². The molecule has 2 aliphatic heterocycles. The number of hydrogen-bond acceptors (Lipinski definition) is 9. The predicted octanol–water partition coefficient (Wildman–Crippen LogP) is 0.600. The number of nitrogens with zero attached hydrogens (tertiary/aromatic N) is 4. The maximum atomic E-state index is 13.2. The zero-order valence-electron chi connectivity index (χ0n) is 19.9. The fourth-order valence-electron chi connectivity index (χ4n) is 4.26. The molecule has 2 aromatic rings. The van der Waals surface area contributed by atoms with Crippen LogP contribution in [-0.2, 0) is 15.7 Å². The van der Waals surface area contributed by atoms with Crippen LogP contribution < -0.4 is 26.2 Å². The quantitative estimate of drug-likeness (QED) is 0.420. The summed E-state index contributed by atoms with van der Waals surface area (Å²) in [6.45, 7) is 3.40. The molecule has 0 radical (unpaired) electrons. The maximum Gasteiger partial charge on any atom is 0.423 e. The van der Waals surface area contributed by atoms with Crippen LogP contribution in [0.5, 0.6) is 5.75 Å². The number of amides is 2. The number of ether oxygens (including phenoxy) is 2. The lowest BCUT2D eigenvalue weighted by Crippen LogP contribution is -2.58. The van der Waals surface area contributed by atoms with Crippen molar-refractivity contribution >= 4 is 23.3 Å². The van der Waals surface area contributed by atoms with Gasteiger partial charge < -0.3 is 30.3 Å². The molecule has 4 heterocycles. The zero-order chi connectivity index (χ0) is 26.7. The molecule has 0 aliphatic carbocycles. The van der Waals surface area contributed by atoms with E-state index in [1.54, 1.807) is 23.0 Å². The van der Waals surface area contributed by atoms with E-state index in [1.165, 1.54) is 6.20 Å². The highest BCUT2D eigenvalue weighted by Gasteiger charge is 2.38. The second-order valence-electron chi connectivity index (χ2n) is 8.76. The fraction of sp³-hybridized carbons (Fsp3) is 0.500. The molecule has 0 spiro atoms. The Labute approximate surface area is 208 Å². The van der Waals surface area contributed by atoms with Crippen molar-refractivity contribution in [2.45, 2.75) is 31.6 Å². The smallest absolute Gasteiger partial charge is 0.423 e. The van der Waals surface area contributed by atoms with E-state index < -0.39 is 34.9 Å². The number of alkyl halides is 3. The average Bonchev–Trinajstić information content (AvgIpc) is 2.84. The minimum atomic E-state index is -4.84. The first-order valence-electron chi connectivity index (χ1n) is 11.5. The van der Waals surface area contributed by atoms with Gasteiger partial charge in [-0.05, 0) is 13.0 Å². The van der Waals surface area contributed by atoms with Crippen LogP contribution in [0.1, 0.15) is 29.3 Å². The highest BCUT2D eigenvalue weighted by atomic mass is 19.4. The Balaban J connectivity index is 1.24. The minimum absolute atomic E-state index is 0.0113. The van der Waals surface area contributed by atoms with Crippen molar-refractivity contribution in [3.8, 4) is 5.75 Å². The monoisotopic (exact) mass is 525 g/mol. The summed E-state index contributed by atoms with van der Waals surface area (Å²) >= 11 is 0. The molecule has 1 saturated heterocycles. The lowest BCUT2D eigenvalue weighted by molar-refractivity contribution is -0.138. The molecule has 200 valence electrons. The number of rotatable bonds is 8. The summed E-state index contributed by atoms with van der Waals surface area (Å²) < 4.78 is 50.7. The van der Waals surface area contributed by atoms with Crippen molar-refractivity contribution in [2.24, 2.45) is 5.73 Å². The molecule has 2 atom stereocenters. The van der Waals surface area contributed by atoms with E-state index >= 15 is 0 Å². The topological polar surface area (TPSA) is 156 Å². The van der Waals surface area contributed by atoms with Crippen LogP contribution in [-0.4, -0.2) is 83.4 Å². The van der Waals surface area contributed by atoms with Crippen molar-refractivity contribution < 1.29 is 32.2 Å². The van der Waals surface area contributed by atoms with Gasteiger partial charge in [0.2, 0.25) is 11.8 Å². The number of halogens is 3. The van der Waals surface area contributed by atoms with E-state index in [2.05, 4.69) is 15.4 Å². The summed E-state index contributed by atoms with van der Waals surface area (Å²) in [7, 11) is 0. The van der Waals surface area contributed by atoms with Gasteiger partial charge in [0.05, 0.1) is 43.1 Å². The summed E-state index contributed by atoms with van der Waals surface area (Å²) in [5, 5.41) is 7.77. The number of nitrogens with two attached hydrogens (primary N) is 1. The summed E-state index contributed by atoms with van der Waals surface area (Å²) in [6, 6.07) is 0.875. The molecule has 0 unspecified atom stereocenters. The van der Waals surface area contributed by atoms with Crippen LogP contribution in [0.25, 0.3) is 0 Å². The number of piperazine rings is 1. The number of nitrogens with one attached hydrogen (secondary N) is 2. The molecule has 12 nitrogen and oxygen atoms in total. The molecule has 37 heavy (non-hydrogen) atoms. The van der Waals surface area contributed by atoms with Crippen molar-refractivity contribution in [3.63, 3.8) is 0 Å². The van der Waals surface area contributed by atoms with Crippen LogP contribution in [0.2, 0.25) is 0 Å². The second kappa shape index (κ2) is 10.6. The fourth-order valence-corrected chi connectivity index (χ4v) is 4.26. The van der Waals surface area contributed by atoms with E-state index in [9.17, 15) is 27.6 Å². The number of carbonyl (C=O) groups excluding carboxylic acids is 2. The molecule has 4 rings (SSSR count). The number of pyridine rings is 1. The van der Waals surface area contributed by atoms with Crippen LogP contribution in [0.3, 0.4) is 0 Å². The van der Waals surface area contributed by atoms with Crippen LogP contribution >= 0.6 is 0 Å². The largest absolute Gasteiger partial charge is 0.487 e. The molecule has 2 amide bonds. The van der Waals surface area contributed by atoms with Crippen LogP contribution in [0.15, 0.2) is 23.3 Å². The Morgan fingerprint density at radius 3 is 2.86 bits per heavy atom. The average molecular weight is 525 g/mol. The first kappa shape index (κ1) is 26.2. The Kier molecular flexibility index (Phi) is 7.52. The molecule has 15 heteroatoms. The van der Waals surface area contributed by atoms with Crippen molar-refractivity contribution in [1.29, 1.82) is 0 Å². The van der Waals surface area contributed by atoms with Gasteiger partial charge >= 0.3 is 6.18 Å². The van der Waals surface area contributed by atoms with E-state index in [0.717, 1.165) is 6.20 Å². The molecule has 4 N–H and O–H groups in total. The van der Waals surface area contributed by atoms with Gasteiger partial charge in [-0.3, -0.25) is 14.4 Å². The summed E-state index contributed by atoms with van der Waals surface area (Å²) in [4.78, 5) is 43.7. The Hall–Kier alpha value is -3.88. The molecule has 2 aliphatic rings. The van der Waals surface area contributed by atoms with Gasteiger partial charge in [0, 0.05) is 31.9 Å². The summed E-state index contributed by atoms with van der Waals surface area (Å²) in [6.07, 6.45) is -2.46. The van der Waals surface area contributed by atoms with Crippen molar-refractivity contribution in [1.82, 2.24) is 20.1 Å². The Morgan fingerprint density at radius 1 is 1.35 bits per heavy atom. The Bertz CT molecular complexity index is 1220. The molecule has 0 saturated carbocycles. The molecule has 1 fully saturated rings. The SMILES string of the molecule is C[C@@H](COCCC(=O)N1CCN2c3ncc(C(N)=O)cc3OC[C@@H]2C1)Nc1cn[nH]c(=O)c1C(F)(F)F. The second-order valence-corrected chi connectivity index (χ2v) is 8.76. The van der Waals surface area contributed by atoms with Crippen molar-refractivity contribution in [3.05, 3.63) is 39.9 Å². The predicted molar refractivity (Wildman–Crippen MR) is 124 cm³/mol. The first-order valence-corrected chi connectivity index (χ1v) is 11.5. The third kappa shape index (κ3) is 5.93. The highest BCUT2D eigenvalue weighted by molar-refractivity contribution is 5.93. The van der Waals surface area contributed by atoms with Gasteiger partial charge in [-0.15, -0.1) is 0 Å². The van der Waals surface area contributed by atoms with Gasteiger partial charge in [-0.1, -0.05) is 0 Å². The van der Waals surface area contributed by atoms with Crippen LogP contribution in [0.4, 0.5) is 24.7 Å². The number of carbonyl (C=O) groups is 2. The first-order chi connectivity index (χ1) is 17.5. The van der Waals surface area contributed by atoms with Gasteiger partial charge in [0.15, 0.2) is 11.6 Å². The third-order valence-corrected chi connectivity index (χ3v) is 6.03. The number of aromatic amines is 1. The molecule has 2 aromatic heterocycles. The lowest BCUT2D eigenvalue weighted by Gasteiger charge is -2.44. The summed E-state index contributed by atoms with van der Waals surface area (Å²) in [5.74, 6) is 0.354.